The van der Waals surface area contributed by atoms with Crippen LogP contribution in [0.15, 0.2) is 12.2 Å². The van der Waals surface area contributed by atoms with E-state index in [-0.39, 0.29) is 5.57 Å². The summed E-state index contributed by atoms with van der Waals surface area (Å²) in [4.78, 5) is 19.7. The van der Waals surface area contributed by atoms with Crippen LogP contribution in [-0.4, -0.2) is 52.8 Å². The summed E-state index contributed by atoms with van der Waals surface area (Å²) in [6.07, 6.45) is -0.505. The third-order valence-corrected chi connectivity index (χ3v) is 3.35. The molecular formula is C13H26NO4+. The fraction of sp³-hybridized carbons (Fsp3) is 0.692. The van der Waals surface area contributed by atoms with Gasteiger partial charge in [-0.05, 0) is 27.7 Å². The van der Waals surface area contributed by atoms with Gasteiger partial charge in [0, 0.05) is 5.57 Å². The van der Waals surface area contributed by atoms with Crippen LogP contribution >= 0.6 is 0 Å². The monoisotopic (exact) mass is 260 g/mol. The zero-order chi connectivity index (χ0) is 14.8. The van der Waals surface area contributed by atoms with E-state index in [1.807, 2.05) is 0 Å². The first-order valence-corrected chi connectivity index (χ1v) is 6.26. The predicted molar refractivity (Wildman–Crippen MR) is 71.5 cm³/mol. The molecular weight excluding hydrogens is 234 g/mol. The standard InChI is InChI=1S/C8H20N.C5H6O4/c1-5-9(6-2,7-3)8-4;1-3(5(8)9)2-4(6)7/h5-8H2,1-4H3;1-2H2,(H,6,7)(H,8,9)/q+1;. The maximum absolute atomic E-state index is 9.87. The van der Waals surface area contributed by atoms with E-state index in [0.29, 0.717) is 0 Å². The lowest BCUT2D eigenvalue weighted by Crippen LogP contribution is -2.47. The van der Waals surface area contributed by atoms with Crippen molar-refractivity contribution in [3.05, 3.63) is 12.2 Å². The molecule has 0 unspecified atom stereocenters. The van der Waals surface area contributed by atoms with Gasteiger partial charge in [0.05, 0.1) is 32.6 Å². The first-order valence-electron chi connectivity index (χ1n) is 6.26. The number of aliphatic carboxylic acids is 2. The van der Waals surface area contributed by atoms with Crippen LogP contribution in [0.4, 0.5) is 0 Å². The average molecular weight is 260 g/mol. The minimum absolute atomic E-state index is 0.303. The van der Waals surface area contributed by atoms with Gasteiger partial charge in [-0.15, -0.1) is 0 Å². The molecule has 0 amide bonds. The highest BCUT2D eigenvalue weighted by Crippen LogP contribution is 2.03. The van der Waals surface area contributed by atoms with Crippen molar-refractivity contribution < 1.29 is 24.3 Å². The summed E-state index contributed by atoms with van der Waals surface area (Å²) in [7, 11) is 0. The van der Waals surface area contributed by atoms with Crippen molar-refractivity contribution in [1.29, 1.82) is 0 Å². The summed E-state index contributed by atoms with van der Waals surface area (Å²) in [5.41, 5.74) is -0.303. The molecule has 0 aliphatic heterocycles. The molecule has 5 nitrogen and oxygen atoms in total. The van der Waals surface area contributed by atoms with E-state index in [1.54, 1.807) is 0 Å². The Labute approximate surface area is 109 Å². The Morgan fingerprint density at radius 3 is 1.33 bits per heavy atom. The molecule has 0 spiro atoms. The fourth-order valence-corrected chi connectivity index (χ4v) is 1.60. The van der Waals surface area contributed by atoms with Crippen molar-refractivity contribution in [3.8, 4) is 0 Å². The maximum atomic E-state index is 9.87. The smallest absolute Gasteiger partial charge is 0.331 e. The minimum Gasteiger partial charge on any atom is -0.481 e. The summed E-state index contributed by atoms with van der Waals surface area (Å²) in [5, 5.41) is 16.1. The van der Waals surface area contributed by atoms with E-state index >= 15 is 0 Å². The number of nitrogens with zero attached hydrogens (tertiary/aromatic N) is 1. The Balaban J connectivity index is 0. The van der Waals surface area contributed by atoms with Gasteiger partial charge in [-0.1, -0.05) is 6.58 Å². The predicted octanol–water partition coefficient (Wildman–Crippen LogP) is 1.98. The molecule has 0 rings (SSSR count). The highest BCUT2D eigenvalue weighted by molar-refractivity contribution is 5.91. The van der Waals surface area contributed by atoms with Gasteiger partial charge in [0.2, 0.25) is 0 Å². The van der Waals surface area contributed by atoms with Gasteiger partial charge in [0.15, 0.2) is 0 Å². The second kappa shape index (κ2) is 9.65. The maximum Gasteiger partial charge on any atom is 0.331 e. The van der Waals surface area contributed by atoms with Gasteiger partial charge in [-0.25, -0.2) is 4.79 Å². The van der Waals surface area contributed by atoms with Crippen LogP contribution in [0, 0.1) is 0 Å². The number of hydrogen-bond acceptors (Lipinski definition) is 2. The van der Waals surface area contributed by atoms with Gasteiger partial charge < -0.3 is 14.7 Å². The van der Waals surface area contributed by atoms with Gasteiger partial charge in [-0.3, -0.25) is 4.79 Å². The Kier molecular flexibility index (Phi) is 10.2. The first kappa shape index (κ1) is 19.0. The van der Waals surface area contributed by atoms with Crippen molar-refractivity contribution in [1.82, 2.24) is 0 Å². The minimum atomic E-state index is -1.27. The number of carboxylic acid groups (broad SMARTS) is 2. The Bertz CT molecular complexity index is 265. The summed E-state index contributed by atoms with van der Waals surface area (Å²) >= 11 is 0. The second-order valence-electron chi connectivity index (χ2n) is 4.09. The lowest BCUT2D eigenvalue weighted by molar-refractivity contribution is -0.921. The van der Waals surface area contributed by atoms with E-state index in [2.05, 4.69) is 34.3 Å². The molecule has 0 aromatic rings. The third kappa shape index (κ3) is 7.84. The van der Waals surface area contributed by atoms with E-state index in [0.717, 1.165) is 0 Å². The lowest BCUT2D eigenvalue weighted by atomic mass is 10.2. The van der Waals surface area contributed by atoms with Crippen LogP contribution in [0.1, 0.15) is 34.1 Å². The van der Waals surface area contributed by atoms with Gasteiger partial charge in [-0.2, -0.15) is 0 Å². The summed E-state index contributed by atoms with van der Waals surface area (Å²) in [5.74, 6) is -2.44. The average Bonchev–Trinajstić information content (AvgIpc) is 2.32. The quantitative estimate of drug-likeness (QED) is 0.542. The number of rotatable bonds is 7. The molecule has 0 radical (unpaired) electrons. The summed E-state index contributed by atoms with van der Waals surface area (Å²) in [6.45, 7) is 17.2. The molecule has 5 heteroatoms. The highest BCUT2D eigenvalue weighted by Gasteiger charge is 2.16. The Morgan fingerprint density at radius 1 is 0.944 bits per heavy atom. The topological polar surface area (TPSA) is 74.6 Å². The summed E-state index contributed by atoms with van der Waals surface area (Å²) in [6, 6.07) is 0. The molecule has 2 N–H and O–H groups in total. The molecule has 0 heterocycles. The van der Waals surface area contributed by atoms with Gasteiger partial charge in [0.1, 0.15) is 0 Å². The number of quaternary nitrogens is 1. The van der Waals surface area contributed by atoms with Crippen LogP contribution in [-0.2, 0) is 9.59 Å². The number of carboxylic acids is 2. The Hall–Kier alpha value is -1.36. The molecule has 0 aliphatic rings. The molecule has 0 aromatic carbocycles. The van der Waals surface area contributed by atoms with Crippen LogP contribution in [0.5, 0.6) is 0 Å². The van der Waals surface area contributed by atoms with Crippen molar-refractivity contribution in [2.24, 2.45) is 0 Å². The second-order valence-corrected chi connectivity index (χ2v) is 4.09. The molecule has 0 saturated carbocycles. The molecule has 0 fully saturated rings. The van der Waals surface area contributed by atoms with Crippen molar-refractivity contribution in [3.63, 3.8) is 0 Å². The third-order valence-electron chi connectivity index (χ3n) is 3.35. The zero-order valence-electron chi connectivity index (χ0n) is 11.9. The van der Waals surface area contributed by atoms with Crippen molar-refractivity contribution in [2.45, 2.75) is 34.1 Å². The molecule has 0 bridgehead atoms. The van der Waals surface area contributed by atoms with Gasteiger partial charge >= 0.3 is 11.9 Å². The van der Waals surface area contributed by atoms with Crippen LogP contribution in [0.25, 0.3) is 0 Å². The van der Waals surface area contributed by atoms with E-state index in [9.17, 15) is 9.59 Å². The molecule has 0 saturated heterocycles. The molecule has 18 heavy (non-hydrogen) atoms. The first-order chi connectivity index (χ1) is 8.28. The van der Waals surface area contributed by atoms with Crippen LogP contribution in [0.2, 0.25) is 0 Å². The van der Waals surface area contributed by atoms with E-state index in [4.69, 9.17) is 10.2 Å². The number of carbonyl (C=O) groups is 2. The zero-order valence-corrected chi connectivity index (χ0v) is 11.9. The van der Waals surface area contributed by atoms with E-state index in [1.165, 1.54) is 30.7 Å². The molecule has 106 valence electrons. The molecule has 0 aromatic heterocycles. The fourth-order valence-electron chi connectivity index (χ4n) is 1.60. The molecule has 0 aliphatic carbocycles. The lowest BCUT2D eigenvalue weighted by Gasteiger charge is -2.34. The van der Waals surface area contributed by atoms with Crippen LogP contribution in [0.3, 0.4) is 0 Å². The van der Waals surface area contributed by atoms with Crippen molar-refractivity contribution in [2.75, 3.05) is 26.2 Å². The summed E-state index contributed by atoms with van der Waals surface area (Å²) < 4.78 is 1.28. The number of hydrogen-bond donors (Lipinski definition) is 2. The SMILES string of the molecule is C=C(CC(=O)O)C(=O)O.CC[N+](CC)(CC)CC. The normalized spacial score (nSPS) is 10.2. The van der Waals surface area contributed by atoms with Gasteiger partial charge in [0.25, 0.3) is 0 Å². The highest BCUT2D eigenvalue weighted by atomic mass is 16.4. The van der Waals surface area contributed by atoms with E-state index < -0.39 is 18.4 Å². The van der Waals surface area contributed by atoms with Crippen LogP contribution < -0.4 is 0 Å². The largest absolute Gasteiger partial charge is 0.481 e. The molecule has 0 atom stereocenters. The Morgan fingerprint density at radius 2 is 1.28 bits per heavy atom. The van der Waals surface area contributed by atoms with Crippen molar-refractivity contribution >= 4 is 11.9 Å².